The molecule has 178 valence electrons. The molecule has 8 nitrogen and oxygen atoms in total. The van der Waals surface area contributed by atoms with Crippen LogP contribution in [0.2, 0.25) is 0 Å². The first-order valence-corrected chi connectivity index (χ1v) is 11.7. The fourth-order valence-corrected chi connectivity index (χ4v) is 4.73. The van der Waals surface area contributed by atoms with Crippen molar-refractivity contribution in [3.63, 3.8) is 0 Å². The van der Waals surface area contributed by atoms with E-state index in [1.165, 1.54) is 28.8 Å². The van der Waals surface area contributed by atoms with E-state index in [1.54, 1.807) is 36.4 Å². The third-order valence-electron chi connectivity index (χ3n) is 5.42. The van der Waals surface area contributed by atoms with Crippen molar-refractivity contribution in [1.82, 2.24) is 9.88 Å². The molecule has 1 heterocycles. The molecule has 0 aliphatic heterocycles. The van der Waals surface area contributed by atoms with Gasteiger partial charge in [-0.25, -0.2) is 0 Å². The molecule has 0 aliphatic carbocycles. The Hall–Kier alpha value is -4.81. The Labute approximate surface area is 209 Å². The van der Waals surface area contributed by atoms with Gasteiger partial charge >= 0.3 is 0 Å². The zero-order valence-corrected chi connectivity index (χ0v) is 19.9. The number of thiazole rings is 1. The fraction of sp³-hybridized carbons (Fsp3) is 0.0741. The van der Waals surface area contributed by atoms with Gasteiger partial charge in [-0.1, -0.05) is 60.7 Å². The van der Waals surface area contributed by atoms with E-state index in [9.17, 15) is 25.0 Å². The van der Waals surface area contributed by atoms with Gasteiger partial charge in [-0.05, 0) is 36.3 Å². The topological polar surface area (TPSA) is 118 Å². The predicted molar refractivity (Wildman–Crippen MR) is 138 cm³/mol. The van der Waals surface area contributed by atoms with Crippen molar-refractivity contribution in [3.05, 3.63) is 126 Å². The lowest BCUT2D eigenvalue weighted by atomic mass is 10.1. The number of benzene rings is 3. The molecule has 1 atom stereocenters. The highest BCUT2D eigenvalue weighted by Crippen LogP contribution is 2.14. The first-order valence-electron chi connectivity index (χ1n) is 10.9. The zero-order valence-electron chi connectivity index (χ0n) is 19.1. The Balaban J connectivity index is 1.90. The summed E-state index contributed by atoms with van der Waals surface area (Å²) < 4.78 is 1.72. The second kappa shape index (κ2) is 10.6. The van der Waals surface area contributed by atoms with Gasteiger partial charge in [0.25, 0.3) is 17.2 Å². The van der Waals surface area contributed by atoms with Crippen molar-refractivity contribution < 1.29 is 9.72 Å². The van der Waals surface area contributed by atoms with E-state index in [-0.39, 0.29) is 26.5 Å². The molecule has 4 aromatic rings. The lowest BCUT2D eigenvalue weighted by Crippen LogP contribution is -2.34. The molecule has 0 fully saturated rings. The molecular formula is C27H20N4O4S. The quantitative estimate of drug-likeness (QED) is 0.325. The summed E-state index contributed by atoms with van der Waals surface area (Å²) >= 11 is 0.979. The van der Waals surface area contributed by atoms with Crippen molar-refractivity contribution >= 4 is 34.6 Å². The van der Waals surface area contributed by atoms with Gasteiger partial charge in [0.1, 0.15) is 10.7 Å². The number of nitrogens with zero attached hydrogens (tertiary/aromatic N) is 3. The maximum Gasteiger partial charge on any atom is 0.273 e. The first-order chi connectivity index (χ1) is 17.4. The summed E-state index contributed by atoms with van der Waals surface area (Å²) in [6.45, 7) is 1.81. The Morgan fingerprint density at radius 1 is 1.08 bits per heavy atom. The van der Waals surface area contributed by atoms with Crippen LogP contribution in [0, 0.1) is 21.4 Å². The summed E-state index contributed by atoms with van der Waals surface area (Å²) in [6, 6.07) is 25.5. The van der Waals surface area contributed by atoms with Crippen LogP contribution in [0.4, 0.5) is 5.69 Å². The highest BCUT2D eigenvalue weighted by molar-refractivity contribution is 7.07. The van der Waals surface area contributed by atoms with Crippen LogP contribution in [0.1, 0.15) is 24.1 Å². The Bertz CT molecular complexity index is 1650. The molecule has 36 heavy (non-hydrogen) atoms. The van der Waals surface area contributed by atoms with Crippen molar-refractivity contribution in [2.75, 3.05) is 0 Å². The van der Waals surface area contributed by atoms with Crippen LogP contribution in [0.25, 0.3) is 17.3 Å². The molecule has 1 aromatic heterocycles. The molecule has 0 bridgehead atoms. The third kappa shape index (κ3) is 5.14. The van der Waals surface area contributed by atoms with E-state index in [4.69, 9.17) is 0 Å². The maximum absolute atomic E-state index is 13.5. The van der Waals surface area contributed by atoms with Gasteiger partial charge in [0.2, 0.25) is 0 Å². The van der Waals surface area contributed by atoms with E-state index in [0.717, 1.165) is 16.9 Å². The highest BCUT2D eigenvalue weighted by atomic mass is 32.1. The molecule has 0 saturated carbocycles. The van der Waals surface area contributed by atoms with Gasteiger partial charge in [0.05, 0.1) is 21.2 Å². The normalized spacial score (nSPS) is 12.9. The number of aromatic nitrogens is 1. The van der Waals surface area contributed by atoms with Crippen LogP contribution in [0.5, 0.6) is 0 Å². The Kier molecular flexibility index (Phi) is 7.18. The molecule has 0 radical (unpaired) electrons. The molecule has 1 N–H and O–H groups in total. The van der Waals surface area contributed by atoms with Gasteiger partial charge < -0.3 is 5.32 Å². The lowest BCUT2D eigenvalue weighted by molar-refractivity contribution is -0.384. The number of hydrogen-bond donors (Lipinski definition) is 1. The van der Waals surface area contributed by atoms with Crippen LogP contribution in [-0.4, -0.2) is 15.4 Å². The van der Waals surface area contributed by atoms with E-state index in [2.05, 4.69) is 5.32 Å². The van der Waals surface area contributed by atoms with E-state index in [1.807, 2.05) is 43.3 Å². The first kappa shape index (κ1) is 24.3. The standard InChI is InChI=1S/C27H20N4O4S/c1-18(20-10-4-2-5-11-20)29-25(32)23(17-28)27-30(21-12-6-3-7-13-21)26(33)24(36-27)16-19-9-8-14-22(15-19)31(34)35/h2-16,18H,1H3,(H,29,32)/b24-16+,27-23-. The number of nitro benzene ring substituents is 1. The minimum Gasteiger partial charge on any atom is -0.345 e. The van der Waals surface area contributed by atoms with E-state index >= 15 is 0 Å². The van der Waals surface area contributed by atoms with Crippen LogP contribution < -0.4 is 20.1 Å². The molecule has 3 aromatic carbocycles. The molecule has 4 rings (SSSR count). The summed E-state index contributed by atoms with van der Waals surface area (Å²) in [5, 5.41) is 23.9. The van der Waals surface area contributed by atoms with Gasteiger partial charge in [0, 0.05) is 12.1 Å². The second-order valence-corrected chi connectivity index (χ2v) is 8.87. The lowest BCUT2D eigenvalue weighted by Gasteiger charge is -2.13. The number of rotatable bonds is 6. The number of nitriles is 1. The smallest absolute Gasteiger partial charge is 0.273 e. The maximum atomic E-state index is 13.5. The number of amides is 1. The number of carbonyl (C=O) groups excluding carboxylic acids is 1. The number of nitro groups is 1. The summed E-state index contributed by atoms with van der Waals surface area (Å²) in [7, 11) is 0. The fourth-order valence-electron chi connectivity index (χ4n) is 3.63. The Morgan fingerprint density at radius 2 is 1.75 bits per heavy atom. The minimum absolute atomic E-state index is 0.109. The summed E-state index contributed by atoms with van der Waals surface area (Å²) in [4.78, 5) is 37.3. The molecule has 0 spiro atoms. The van der Waals surface area contributed by atoms with Crippen molar-refractivity contribution in [2.45, 2.75) is 13.0 Å². The van der Waals surface area contributed by atoms with Gasteiger partial charge in [-0.3, -0.25) is 24.3 Å². The van der Waals surface area contributed by atoms with Crippen LogP contribution in [0.3, 0.4) is 0 Å². The van der Waals surface area contributed by atoms with Crippen LogP contribution >= 0.6 is 11.3 Å². The summed E-state index contributed by atoms with van der Waals surface area (Å²) in [5.41, 5.74) is 1.06. The van der Waals surface area contributed by atoms with Gasteiger partial charge in [-0.15, -0.1) is 11.3 Å². The SMILES string of the molecule is CC(NC(=O)/C(C#N)=c1\s/c(=C/c2cccc([N+](=O)[O-])c2)c(=O)n1-c1ccccc1)c1ccccc1. The Morgan fingerprint density at radius 3 is 2.39 bits per heavy atom. The number of carbonyl (C=O) groups is 1. The number of hydrogen-bond acceptors (Lipinski definition) is 6. The van der Waals surface area contributed by atoms with Gasteiger partial charge in [-0.2, -0.15) is 5.26 Å². The zero-order chi connectivity index (χ0) is 25.7. The largest absolute Gasteiger partial charge is 0.345 e. The molecule has 1 unspecified atom stereocenters. The summed E-state index contributed by atoms with van der Waals surface area (Å²) in [6.07, 6.45) is 1.52. The second-order valence-electron chi connectivity index (χ2n) is 7.84. The van der Waals surface area contributed by atoms with Crippen molar-refractivity contribution in [2.24, 2.45) is 0 Å². The number of para-hydroxylation sites is 1. The van der Waals surface area contributed by atoms with Gasteiger partial charge in [0.15, 0.2) is 5.57 Å². The summed E-state index contributed by atoms with van der Waals surface area (Å²) in [5.74, 6) is -0.610. The van der Waals surface area contributed by atoms with E-state index < -0.39 is 16.4 Å². The highest BCUT2D eigenvalue weighted by Gasteiger charge is 2.19. The average Bonchev–Trinajstić information content (AvgIpc) is 3.20. The van der Waals surface area contributed by atoms with Crippen molar-refractivity contribution in [3.8, 4) is 11.8 Å². The van der Waals surface area contributed by atoms with E-state index in [0.29, 0.717) is 11.3 Å². The molecule has 9 heteroatoms. The molecular weight excluding hydrogens is 476 g/mol. The molecule has 0 saturated heterocycles. The van der Waals surface area contributed by atoms with Crippen LogP contribution in [0.15, 0.2) is 89.7 Å². The third-order valence-corrected chi connectivity index (χ3v) is 6.51. The predicted octanol–water partition coefficient (Wildman–Crippen LogP) is 3.19. The van der Waals surface area contributed by atoms with Crippen molar-refractivity contribution in [1.29, 1.82) is 5.26 Å². The molecule has 0 aliphatic rings. The number of non-ortho nitro benzene ring substituents is 1. The average molecular weight is 497 g/mol. The monoisotopic (exact) mass is 496 g/mol. The molecule has 1 amide bonds. The number of nitrogens with one attached hydrogen (secondary N) is 1. The van der Waals surface area contributed by atoms with Crippen LogP contribution in [-0.2, 0) is 4.79 Å². The minimum atomic E-state index is -0.610.